The second-order valence-corrected chi connectivity index (χ2v) is 10.1. The molecular formula is C20H23Cl3N2O3S. The molecule has 1 amide bonds. The molecule has 0 radical (unpaired) electrons. The zero-order valence-corrected chi connectivity index (χ0v) is 19.2. The van der Waals surface area contributed by atoms with E-state index >= 15 is 0 Å². The van der Waals surface area contributed by atoms with Crippen molar-refractivity contribution < 1.29 is 13.2 Å². The highest BCUT2D eigenvalue weighted by Crippen LogP contribution is 2.28. The van der Waals surface area contributed by atoms with Crippen LogP contribution in [0.3, 0.4) is 0 Å². The summed E-state index contributed by atoms with van der Waals surface area (Å²) >= 11 is 18.3. The van der Waals surface area contributed by atoms with Crippen LogP contribution >= 0.6 is 34.8 Å². The highest BCUT2D eigenvalue weighted by molar-refractivity contribution is 7.89. The number of carbonyl (C=O) groups is 1. The fourth-order valence-corrected chi connectivity index (χ4v) is 4.56. The van der Waals surface area contributed by atoms with Gasteiger partial charge in [0, 0.05) is 33.7 Å². The molecule has 2 aromatic rings. The SMILES string of the molecule is CC(C)CCNC(=O)CN(Cc1c(Cl)cccc1Cl)S(=O)(=O)c1ccc(Cl)cc1. The van der Waals surface area contributed by atoms with E-state index in [0.29, 0.717) is 33.1 Å². The molecule has 0 aliphatic rings. The van der Waals surface area contributed by atoms with Gasteiger partial charge in [-0.15, -0.1) is 0 Å². The van der Waals surface area contributed by atoms with Crippen LogP contribution in [0.1, 0.15) is 25.8 Å². The van der Waals surface area contributed by atoms with E-state index in [1.807, 2.05) is 13.8 Å². The Kier molecular flexibility index (Phi) is 8.79. The smallest absolute Gasteiger partial charge is 0.243 e. The second-order valence-electron chi connectivity index (χ2n) is 6.96. The van der Waals surface area contributed by atoms with Gasteiger partial charge in [0.1, 0.15) is 0 Å². The molecule has 0 heterocycles. The number of rotatable bonds is 9. The molecule has 0 aliphatic carbocycles. The topological polar surface area (TPSA) is 66.5 Å². The fourth-order valence-electron chi connectivity index (χ4n) is 2.56. The van der Waals surface area contributed by atoms with Crippen LogP contribution in [0.2, 0.25) is 15.1 Å². The monoisotopic (exact) mass is 476 g/mol. The van der Waals surface area contributed by atoms with Gasteiger partial charge >= 0.3 is 0 Å². The first kappa shape index (κ1) is 24.0. The number of halogens is 3. The molecule has 0 fully saturated rings. The summed E-state index contributed by atoms with van der Waals surface area (Å²) in [5.74, 6) is 0.0255. The first-order chi connectivity index (χ1) is 13.6. The average Bonchev–Trinajstić information content (AvgIpc) is 2.64. The van der Waals surface area contributed by atoms with E-state index < -0.39 is 15.9 Å². The third-order valence-corrected chi connectivity index (χ3v) is 6.98. The van der Waals surface area contributed by atoms with E-state index in [1.165, 1.54) is 24.3 Å². The number of amides is 1. The standard InChI is InChI=1S/C20H23Cl3N2O3S/c1-14(2)10-11-24-20(26)13-25(12-17-18(22)4-3-5-19(17)23)29(27,28)16-8-6-15(21)7-9-16/h3-9,14H,10-13H2,1-2H3,(H,24,26). The molecule has 29 heavy (non-hydrogen) atoms. The van der Waals surface area contributed by atoms with Gasteiger partial charge in [0.15, 0.2) is 0 Å². The number of sulfonamides is 1. The van der Waals surface area contributed by atoms with E-state index in [0.717, 1.165) is 10.7 Å². The minimum Gasteiger partial charge on any atom is -0.355 e. The van der Waals surface area contributed by atoms with Crippen LogP contribution in [0.15, 0.2) is 47.4 Å². The minimum atomic E-state index is -3.99. The van der Waals surface area contributed by atoms with Crippen molar-refractivity contribution in [2.45, 2.75) is 31.7 Å². The molecule has 2 aromatic carbocycles. The summed E-state index contributed by atoms with van der Waals surface area (Å²) < 4.78 is 27.5. The average molecular weight is 478 g/mol. The molecule has 0 saturated heterocycles. The van der Waals surface area contributed by atoms with Crippen molar-refractivity contribution in [3.8, 4) is 0 Å². The maximum atomic E-state index is 13.2. The Balaban J connectivity index is 2.32. The molecule has 0 atom stereocenters. The van der Waals surface area contributed by atoms with Gasteiger partial charge in [0.2, 0.25) is 15.9 Å². The molecule has 0 unspecified atom stereocenters. The van der Waals surface area contributed by atoms with E-state index in [9.17, 15) is 13.2 Å². The molecule has 5 nitrogen and oxygen atoms in total. The summed E-state index contributed by atoms with van der Waals surface area (Å²) in [5, 5.41) is 3.83. The van der Waals surface area contributed by atoms with Gasteiger partial charge in [-0.3, -0.25) is 4.79 Å². The summed E-state index contributed by atoms with van der Waals surface area (Å²) in [6, 6.07) is 10.7. The van der Waals surface area contributed by atoms with Gasteiger partial charge < -0.3 is 5.32 Å². The molecule has 158 valence electrons. The van der Waals surface area contributed by atoms with Gasteiger partial charge in [0.05, 0.1) is 11.4 Å². The lowest BCUT2D eigenvalue weighted by Crippen LogP contribution is -2.40. The van der Waals surface area contributed by atoms with E-state index in [-0.39, 0.29) is 18.0 Å². The Morgan fingerprint density at radius 2 is 1.62 bits per heavy atom. The van der Waals surface area contributed by atoms with Crippen molar-refractivity contribution in [3.05, 3.63) is 63.1 Å². The summed E-state index contributed by atoms with van der Waals surface area (Å²) in [6.45, 7) is 4.07. The third-order valence-electron chi connectivity index (χ3n) is 4.21. The first-order valence-electron chi connectivity index (χ1n) is 9.06. The molecular weight excluding hydrogens is 455 g/mol. The van der Waals surface area contributed by atoms with Crippen LogP contribution in [0.5, 0.6) is 0 Å². The Labute approximate surface area is 187 Å². The van der Waals surface area contributed by atoms with Gasteiger partial charge in [0.25, 0.3) is 0 Å². The lowest BCUT2D eigenvalue weighted by atomic mass is 10.1. The quantitative estimate of drug-likeness (QED) is 0.552. The number of nitrogens with zero attached hydrogens (tertiary/aromatic N) is 1. The van der Waals surface area contributed by atoms with E-state index in [2.05, 4.69) is 5.32 Å². The van der Waals surface area contributed by atoms with Crippen LogP contribution in [-0.4, -0.2) is 31.7 Å². The predicted molar refractivity (Wildman–Crippen MR) is 118 cm³/mol. The van der Waals surface area contributed by atoms with Gasteiger partial charge in [-0.25, -0.2) is 8.42 Å². The van der Waals surface area contributed by atoms with Crippen molar-refractivity contribution >= 4 is 50.7 Å². The highest BCUT2D eigenvalue weighted by atomic mass is 35.5. The lowest BCUT2D eigenvalue weighted by molar-refractivity contribution is -0.121. The Morgan fingerprint density at radius 1 is 1.03 bits per heavy atom. The van der Waals surface area contributed by atoms with Crippen LogP contribution in [-0.2, 0) is 21.4 Å². The van der Waals surface area contributed by atoms with Crippen LogP contribution in [0, 0.1) is 5.92 Å². The van der Waals surface area contributed by atoms with Crippen molar-refractivity contribution in [1.29, 1.82) is 0 Å². The fraction of sp³-hybridized carbons (Fsp3) is 0.350. The molecule has 9 heteroatoms. The van der Waals surface area contributed by atoms with E-state index in [4.69, 9.17) is 34.8 Å². The Morgan fingerprint density at radius 3 is 2.17 bits per heavy atom. The third kappa shape index (κ3) is 6.86. The second kappa shape index (κ2) is 10.6. The molecule has 2 rings (SSSR count). The van der Waals surface area contributed by atoms with Gasteiger partial charge in [-0.2, -0.15) is 4.31 Å². The zero-order chi connectivity index (χ0) is 21.6. The first-order valence-corrected chi connectivity index (χ1v) is 11.6. The number of carbonyl (C=O) groups excluding carboxylic acids is 1. The lowest BCUT2D eigenvalue weighted by Gasteiger charge is -2.23. The van der Waals surface area contributed by atoms with Gasteiger partial charge in [-0.1, -0.05) is 54.7 Å². The maximum Gasteiger partial charge on any atom is 0.243 e. The Hall–Kier alpha value is -1.31. The molecule has 0 aromatic heterocycles. The van der Waals surface area contributed by atoms with Crippen molar-refractivity contribution in [2.75, 3.05) is 13.1 Å². The predicted octanol–water partition coefficient (Wildman–Crippen LogP) is 5.00. The van der Waals surface area contributed by atoms with Gasteiger partial charge in [-0.05, 0) is 48.7 Å². The number of nitrogens with one attached hydrogen (secondary N) is 1. The van der Waals surface area contributed by atoms with Crippen LogP contribution in [0.25, 0.3) is 0 Å². The summed E-state index contributed by atoms with van der Waals surface area (Å²) in [5.41, 5.74) is 0.434. The Bertz CT molecular complexity index is 928. The molecule has 0 aliphatic heterocycles. The van der Waals surface area contributed by atoms with Crippen molar-refractivity contribution in [2.24, 2.45) is 5.92 Å². The highest BCUT2D eigenvalue weighted by Gasteiger charge is 2.28. The summed E-state index contributed by atoms with van der Waals surface area (Å²) in [4.78, 5) is 12.5. The van der Waals surface area contributed by atoms with Crippen LogP contribution < -0.4 is 5.32 Å². The largest absolute Gasteiger partial charge is 0.355 e. The zero-order valence-electron chi connectivity index (χ0n) is 16.2. The van der Waals surface area contributed by atoms with Crippen molar-refractivity contribution in [3.63, 3.8) is 0 Å². The normalized spacial score (nSPS) is 11.8. The van der Waals surface area contributed by atoms with E-state index in [1.54, 1.807) is 18.2 Å². The number of hydrogen-bond donors (Lipinski definition) is 1. The molecule has 0 bridgehead atoms. The minimum absolute atomic E-state index is 0.0278. The molecule has 1 N–H and O–H groups in total. The maximum absolute atomic E-state index is 13.2. The number of benzene rings is 2. The van der Waals surface area contributed by atoms with Crippen LogP contribution in [0.4, 0.5) is 0 Å². The molecule has 0 spiro atoms. The van der Waals surface area contributed by atoms with Crippen molar-refractivity contribution in [1.82, 2.24) is 9.62 Å². The number of hydrogen-bond acceptors (Lipinski definition) is 3. The summed E-state index contributed by atoms with van der Waals surface area (Å²) in [6.07, 6.45) is 0.798. The molecule has 0 saturated carbocycles. The summed E-state index contributed by atoms with van der Waals surface area (Å²) in [7, 11) is -3.99.